The average Bonchev–Trinajstić information content (AvgIpc) is 3.14. The van der Waals surface area contributed by atoms with Crippen molar-refractivity contribution in [2.24, 2.45) is 5.92 Å². The van der Waals surface area contributed by atoms with Gasteiger partial charge in [-0.25, -0.2) is 0 Å². The van der Waals surface area contributed by atoms with Crippen LogP contribution in [0, 0.1) is 12.8 Å². The molecule has 0 bridgehead atoms. The fourth-order valence-corrected chi connectivity index (χ4v) is 2.72. The molecule has 1 aromatic carbocycles. The van der Waals surface area contributed by atoms with Crippen LogP contribution in [0.3, 0.4) is 0 Å². The first-order valence-corrected chi connectivity index (χ1v) is 7.56. The van der Waals surface area contributed by atoms with Gasteiger partial charge in [0.1, 0.15) is 5.75 Å². The van der Waals surface area contributed by atoms with Gasteiger partial charge in [-0.2, -0.15) is 0 Å². The number of nitrogens with zero attached hydrogens (tertiary/aromatic N) is 1. The Kier molecular flexibility index (Phi) is 4.51. The third kappa shape index (κ3) is 3.73. The fraction of sp³-hybridized carbons (Fsp3) is 0.647. The van der Waals surface area contributed by atoms with Crippen LogP contribution >= 0.6 is 0 Å². The van der Waals surface area contributed by atoms with E-state index in [1.807, 2.05) is 6.07 Å². The smallest absolute Gasteiger partial charge is 0.120 e. The van der Waals surface area contributed by atoms with Gasteiger partial charge in [-0.3, -0.25) is 4.90 Å². The van der Waals surface area contributed by atoms with Crippen LogP contribution in [-0.4, -0.2) is 23.1 Å². The third-order valence-electron chi connectivity index (χ3n) is 4.14. The van der Waals surface area contributed by atoms with Crippen LogP contribution in [0.25, 0.3) is 0 Å². The normalized spacial score (nSPS) is 15.5. The lowest BCUT2D eigenvalue weighted by atomic mass is 9.95. The quantitative estimate of drug-likeness (QED) is 0.835. The van der Waals surface area contributed by atoms with Gasteiger partial charge in [-0.05, 0) is 55.3 Å². The second kappa shape index (κ2) is 5.96. The highest BCUT2D eigenvalue weighted by Gasteiger charge is 2.24. The second-order valence-corrected chi connectivity index (χ2v) is 6.26. The minimum atomic E-state index is 0.455. The lowest BCUT2D eigenvalue weighted by molar-refractivity contribution is 0.264. The van der Waals surface area contributed by atoms with Crippen molar-refractivity contribution in [1.29, 1.82) is 0 Å². The molecular weight excluding hydrogens is 234 g/mol. The fourth-order valence-electron chi connectivity index (χ4n) is 2.72. The maximum absolute atomic E-state index is 10.2. The van der Waals surface area contributed by atoms with Crippen LogP contribution in [0.1, 0.15) is 56.2 Å². The summed E-state index contributed by atoms with van der Waals surface area (Å²) in [5, 5.41) is 10.2. The zero-order valence-electron chi connectivity index (χ0n) is 12.7. The molecule has 19 heavy (non-hydrogen) atoms. The number of aryl methyl sites for hydroxylation is 1. The summed E-state index contributed by atoms with van der Waals surface area (Å²) in [6, 6.07) is 4.13. The topological polar surface area (TPSA) is 23.5 Å². The number of phenolic OH excluding ortho intramolecular Hbond substituents is 1. The Morgan fingerprint density at radius 3 is 2.53 bits per heavy atom. The number of aromatic hydroxyl groups is 1. The Hall–Kier alpha value is -1.02. The summed E-state index contributed by atoms with van der Waals surface area (Å²) in [5.41, 5.74) is 3.63. The van der Waals surface area contributed by atoms with E-state index in [0.717, 1.165) is 24.6 Å². The Morgan fingerprint density at radius 1 is 1.32 bits per heavy atom. The van der Waals surface area contributed by atoms with E-state index in [0.29, 0.717) is 11.7 Å². The summed E-state index contributed by atoms with van der Waals surface area (Å²) in [4.78, 5) is 2.45. The zero-order chi connectivity index (χ0) is 14.0. The van der Waals surface area contributed by atoms with Gasteiger partial charge in [0, 0.05) is 18.7 Å². The summed E-state index contributed by atoms with van der Waals surface area (Å²) in [5.74, 6) is 1.87. The first-order chi connectivity index (χ1) is 9.01. The van der Waals surface area contributed by atoms with Crippen molar-refractivity contribution in [1.82, 2.24) is 4.90 Å². The van der Waals surface area contributed by atoms with Crippen LogP contribution in [0.5, 0.6) is 5.75 Å². The SMILES string of the molecule is CCN(Cc1cc(C(C)C)c(C)cc1O)CC1CC1. The van der Waals surface area contributed by atoms with Gasteiger partial charge in [-0.1, -0.05) is 26.8 Å². The van der Waals surface area contributed by atoms with Gasteiger partial charge in [0.25, 0.3) is 0 Å². The molecule has 0 atom stereocenters. The lowest BCUT2D eigenvalue weighted by Crippen LogP contribution is -2.25. The summed E-state index contributed by atoms with van der Waals surface area (Å²) >= 11 is 0. The Morgan fingerprint density at radius 2 is 2.00 bits per heavy atom. The van der Waals surface area contributed by atoms with E-state index >= 15 is 0 Å². The van der Waals surface area contributed by atoms with E-state index in [4.69, 9.17) is 0 Å². The van der Waals surface area contributed by atoms with Crippen LogP contribution in [0.2, 0.25) is 0 Å². The molecule has 1 aromatic rings. The summed E-state index contributed by atoms with van der Waals surface area (Å²) in [7, 11) is 0. The van der Waals surface area contributed by atoms with E-state index in [2.05, 4.69) is 38.7 Å². The van der Waals surface area contributed by atoms with Crippen molar-refractivity contribution in [2.45, 2.75) is 53.0 Å². The standard InChI is InChI=1S/C17H27NO/c1-5-18(10-14-6-7-14)11-15-9-16(12(2)3)13(4)8-17(15)19/h8-9,12,14,19H,5-7,10-11H2,1-4H3. The molecule has 0 saturated heterocycles. The molecule has 0 aromatic heterocycles. The highest BCUT2D eigenvalue weighted by atomic mass is 16.3. The molecule has 1 N–H and O–H groups in total. The van der Waals surface area contributed by atoms with Crippen LogP contribution in [0.4, 0.5) is 0 Å². The van der Waals surface area contributed by atoms with Gasteiger partial charge in [0.05, 0.1) is 0 Å². The Balaban J connectivity index is 2.15. The van der Waals surface area contributed by atoms with E-state index < -0.39 is 0 Å². The van der Waals surface area contributed by atoms with Gasteiger partial charge >= 0.3 is 0 Å². The van der Waals surface area contributed by atoms with Crippen molar-refractivity contribution in [3.8, 4) is 5.75 Å². The second-order valence-electron chi connectivity index (χ2n) is 6.26. The van der Waals surface area contributed by atoms with Crippen LogP contribution in [0.15, 0.2) is 12.1 Å². The van der Waals surface area contributed by atoms with E-state index in [1.54, 1.807) is 0 Å². The maximum Gasteiger partial charge on any atom is 0.120 e. The molecule has 1 aliphatic carbocycles. The summed E-state index contributed by atoms with van der Waals surface area (Å²) < 4.78 is 0. The molecule has 0 heterocycles. The van der Waals surface area contributed by atoms with E-state index in [9.17, 15) is 5.11 Å². The Bertz CT molecular complexity index is 435. The van der Waals surface area contributed by atoms with Crippen molar-refractivity contribution in [3.63, 3.8) is 0 Å². The van der Waals surface area contributed by atoms with Crippen molar-refractivity contribution in [2.75, 3.05) is 13.1 Å². The lowest BCUT2D eigenvalue weighted by Gasteiger charge is -2.22. The Labute approximate surface area is 117 Å². The minimum absolute atomic E-state index is 0.455. The first kappa shape index (κ1) is 14.4. The molecule has 106 valence electrons. The van der Waals surface area contributed by atoms with Crippen molar-refractivity contribution >= 4 is 0 Å². The zero-order valence-corrected chi connectivity index (χ0v) is 12.7. The molecule has 0 unspecified atom stereocenters. The summed E-state index contributed by atoms with van der Waals surface area (Å²) in [6.45, 7) is 11.8. The monoisotopic (exact) mass is 261 g/mol. The molecular formula is C17H27NO. The van der Waals surface area contributed by atoms with Gasteiger partial charge in [0.15, 0.2) is 0 Å². The predicted octanol–water partition coefficient (Wildman–Crippen LogP) is 4.06. The molecule has 0 amide bonds. The molecule has 1 saturated carbocycles. The van der Waals surface area contributed by atoms with Crippen molar-refractivity contribution in [3.05, 3.63) is 28.8 Å². The molecule has 0 radical (unpaired) electrons. The maximum atomic E-state index is 10.2. The highest BCUT2D eigenvalue weighted by molar-refractivity contribution is 5.42. The molecule has 2 rings (SSSR count). The highest BCUT2D eigenvalue weighted by Crippen LogP contribution is 2.32. The van der Waals surface area contributed by atoms with Gasteiger partial charge < -0.3 is 5.11 Å². The molecule has 2 heteroatoms. The number of rotatable bonds is 6. The van der Waals surface area contributed by atoms with Crippen molar-refractivity contribution < 1.29 is 5.11 Å². The number of phenols is 1. The third-order valence-corrected chi connectivity index (χ3v) is 4.14. The molecule has 0 aliphatic heterocycles. The molecule has 1 aliphatic rings. The molecule has 2 nitrogen and oxygen atoms in total. The average molecular weight is 261 g/mol. The predicted molar refractivity (Wildman–Crippen MR) is 80.6 cm³/mol. The van der Waals surface area contributed by atoms with Crippen LogP contribution in [-0.2, 0) is 6.54 Å². The minimum Gasteiger partial charge on any atom is -0.508 e. The van der Waals surface area contributed by atoms with E-state index in [-0.39, 0.29) is 0 Å². The first-order valence-electron chi connectivity index (χ1n) is 7.56. The van der Waals surface area contributed by atoms with Crippen LogP contribution < -0.4 is 0 Å². The number of hydrogen-bond donors (Lipinski definition) is 1. The molecule has 0 spiro atoms. The number of benzene rings is 1. The van der Waals surface area contributed by atoms with Gasteiger partial charge in [0.2, 0.25) is 0 Å². The largest absolute Gasteiger partial charge is 0.508 e. The number of hydrogen-bond acceptors (Lipinski definition) is 2. The summed E-state index contributed by atoms with van der Waals surface area (Å²) in [6.07, 6.45) is 2.77. The van der Waals surface area contributed by atoms with E-state index in [1.165, 1.54) is 30.5 Å². The molecule has 1 fully saturated rings. The van der Waals surface area contributed by atoms with Gasteiger partial charge in [-0.15, -0.1) is 0 Å².